The molecule has 24 nitrogen and oxygen atoms in total. The van der Waals surface area contributed by atoms with Crippen LogP contribution in [0.25, 0.3) is 0 Å². The van der Waals surface area contributed by atoms with Crippen LogP contribution in [0.4, 0.5) is 0 Å². The second-order valence-corrected chi connectivity index (χ2v) is 25.9. The summed E-state index contributed by atoms with van der Waals surface area (Å²) in [4.78, 5) is 166. The number of carbonyl (C=O) groups is 11. The molecule has 1 rings (SSSR count). The van der Waals surface area contributed by atoms with Gasteiger partial charge in [0.25, 0.3) is 0 Å². The number of likely N-dealkylation sites (N-methyl/N-ethyl adjacent to an activating group) is 6. The van der Waals surface area contributed by atoms with Crippen LogP contribution in [-0.2, 0) is 52.7 Å². The van der Waals surface area contributed by atoms with Crippen molar-refractivity contribution in [3.8, 4) is 0 Å². The first kappa shape index (κ1) is 76.8. The number of aliphatic hydroxyl groups excluding tert-OH is 2. The largest absolute Gasteiger partial charge is 0.391 e. The van der Waals surface area contributed by atoms with Crippen molar-refractivity contribution >= 4 is 65.0 Å². The van der Waals surface area contributed by atoms with Gasteiger partial charge in [-0.2, -0.15) is 0 Å². The average molecular weight is 1200 g/mol. The predicted octanol–water partition coefficient (Wildman–Crippen LogP) is 1.90. The third-order valence-corrected chi connectivity index (χ3v) is 15.7. The maximum absolute atomic E-state index is 14.9. The Bertz CT molecular complexity index is 2330. The predicted molar refractivity (Wildman–Crippen MR) is 325 cm³/mol. The van der Waals surface area contributed by atoms with Crippen LogP contribution in [0.15, 0.2) is 12.2 Å². The molecule has 13 atom stereocenters. The Labute approximate surface area is 507 Å². The molecule has 7 N–H and O–H groups in total. The minimum absolute atomic E-state index is 0.107. The Morgan fingerprint density at radius 2 is 0.800 bits per heavy atom. The number of carbonyl (C=O) groups excluding carboxylic acids is 11. The number of rotatable bonds is 15. The summed E-state index contributed by atoms with van der Waals surface area (Å²) in [6, 6.07) is -13.2. The Kier molecular flexibility index (Phi) is 31.5. The van der Waals surface area contributed by atoms with Crippen LogP contribution >= 0.6 is 0 Å². The minimum Gasteiger partial charge on any atom is -0.391 e. The van der Waals surface area contributed by atoms with E-state index >= 15 is 0 Å². The maximum Gasteiger partial charge on any atom is 0.248 e. The van der Waals surface area contributed by atoms with Gasteiger partial charge in [0.15, 0.2) is 0 Å². The van der Waals surface area contributed by atoms with Crippen molar-refractivity contribution in [3.63, 3.8) is 0 Å². The van der Waals surface area contributed by atoms with E-state index in [0.29, 0.717) is 0 Å². The zero-order chi connectivity index (χ0) is 66.0. The van der Waals surface area contributed by atoms with Gasteiger partial charge in [-0.25, -0.2) is 0 Å². The van der Waals surface area contributed by atoms with Crippen LogP contribution < -0.4 is 26.6 Å². The summed E-state index contributed by atoms with van der Waals surface area (Å²) in [5, 5.41) is 36.7. The average Bonchev–Trinajstić information content (AvgIpc) is 3.60. The lowest BCUT2D eigenvalue weighted by atomic mass is 9.91. The minimum atomic E-state index is -1.74. The van der Waals surface area contributed by atoms with E-state index in [2.05, 4.69) is 26.6 Å². The van der Waals surface area contributed by atoms with E-state index in [1.807, 2.05) is 55.4 Å². The van der Waals surface area contributed by atoms with E-state index in [4.69, 9.17) is 0 Å². The molecule has 0 aromatic heterocycles. The molecular formula is C61H109N11O13. The summed E-state index contributed by atoms with van der Waals surface area (Å²) in [5.74, 6) is -10.8. The lowest BCUT2D eigenvalue weighted by Crippen LogP contribution is -2.64. The standard InChI is InChI=1S/C61H109N11O13/c1-24-25-26-38(14)51(75)50-56(80)66-49(41(17)73)59(83)67(18)31-46(74)68(19)42(27-32(2)3)54(78)64-47(36(10)11)60(84)70(21)43(28-33(4)5)53(77)62-39(15)52(76)63-40(16)57(81)71(22)45(30-35(8)9)58(82)69(20)44(29-34(6)7)55(79)65-48(37(12)13)61(85)72(50)23/h24-25,32-45,47-51,73,75H,26-31H2,1-23H3,(H,62,77)(H,63,76)(H,64,78)(H,65,79)(H,66,80)/b25-24+/t38-,39?,40-,41?,42-,43-,44+,45+,47-,48?,49?,50?,51-/m1/s1. The monoisotopic (exact) mass is 1200 g/mol. The third-order valence-electron chi connectivity index (χ3n) is 15.7. The number of allylic oxidation sites excluding steroid dienone is 2. The van der Waals surface area contributed by atoms with Gasteiger partial charge in [-0.05, 0) is 101 Å². The lowest BCUT2D eigenvalue weighted by Gasteiger charge is -2.39. The number of hydrogen-bond donors (Lipinski definition) is 7. The van der Waals surface area contributed by atoms with Crippen molar-refractivity contribution in [2.24, 2.45) is 41.4 Å². The van der Waals surface area contributed by atoms with Crippen LogP contribution in [0.3, 0.4) is 0 Å². The highest BCUT2D eigenvalue weighted by Crippen LogP contribution is 2.24. The fourth-order valence-electron chi connectivity index (χ4n) is 10.2. The van der Waals surface area contributed by atoms with Crippen molar-refractivity contribution < 1.29 is 63.0 Å². The van der Waals surface area contributed by atoms with Gasteiger partial charge in [0, 0.05) is 42.3 Å². The van der Waals surface area contributed by atoms with E-state index in [1.165, 1.54) is 77.8 Å². The van der Waals surface area contributed by atoms with Gasteiger partial charge in [-0.3, -0.25) is 52.7 Å². The molecule has 0 saturated carbocycles. The highest BCUT2D eigenvalue weighted by molar-refractivity contribution is 5.99. The molecule has 0 spiro atoms. The van der Waals surface area contributed by atoms with Crippen LogP contribution in [0, 0.1) is 41.4 Å². The fraction of sp³-hybridized carbons (Fsp3) is 0.787. The molecule has 1 heterocycles. The first-order chi connectivity index (χ1) is 39.2. The molecule has 486 valence electrons. The molecule has 1 saturated heterocycles. The summed E-state index contributed by atoms with van der Waals surface area (Å²) < 4.78 is 0. The summed E-state index contributed by atoms with van der Waals surface area (Å²) in [5.41, 5.74) is 0. The number of amides is 11. The topological polar surface area (TPSA) is 308 Å². The fourth-order valence-corrected chi connectivity index (χ4v) is 10.2. The van der Waals surface area contributed by atoms with Crippen molar-refractivity contribution in [1.82, 2.24) is 56.0 Å². The maximum atomic E-state index is 14.9. The van der Waals surface area contributed by atoms with Crippen molar-refractivity contribution in [3.05, 3.63) is 12.2 Å². The van der Waals surface area contributed by atoms with Gasteiger partial charge in [-0.15, -0.1) is 0 Å². The van der Waals surface area contributed by atoms with Crippen LogP contribution in [0.2, 0.25) is 0 Å². The van der Waals surface area contributed by atoms with Crippen molar-refractivity contribution in [2.45, 2.75) is 222 Å². The number of aliphatic hydroxyl groups is 2. The first-order valence-electron chi connectivity index (χ1n) is 30.2. The van der Waals surface area contributed by atoms with Crippen molar-refractivity contribution in [1.29, 1.82) is 0 Å². The Balaban J connectivity index is 4.31. The molecular weight excluding hydrogens is 1090 g/mol. The van der Waals surface area contributed by atoms with Gasteiger partial charge >= 0.3 is 0 Å². The number of hydrogen-bond acceptors (Lipinski definition) is 13. The van der Waals surface area contributed by atoms with Gasteiger partial charge in [0.05, 0.1) is 18.8 Å². The van der Waals surface area contributed by atoms with E-state index in [-0.39, 0.29) is 55.8 Å². The molecule has 5 unspecified atom stereocenters. The molecule has 85 heavy (non-hydrogen) atoms. The summed E-state index contributed by atoms with van der Waals surface area (Å²) in [6.45, 7) is 28.3. The summed E-state index contributed by atoms with van der Waals surface area (Å²) in [7, 11) is 8.16. The molecule has 0 aromatic carbocycles. The van der Waals surface area contributed by atoms with Crippen molar-refractivity contribution in [2.75, 3.05) is 48.8 Å². The highest BCUT2D eigenvalue weighted by Gasteiger charge is 2.45. The molecule has 0 radical (unpaired) electrons. The Morgan fingerprint density at radius 1 is 0.435 bits per heavy atom. The summed E-state index contributed by atoms with van der Waals surface area (Å²) >= 11 is 0. The number of nitrogens with zero attached hydrogens (tertiary/aromatic N) is 6. The molecule has 0 aromatic rings. The zero-order valence-corrected chi connectivity index (χ0v) is 55.4. The lowest BCUT2D eigenvalue weighted by molar-refractivity contribution is -0.152. The van der Waals surface area contributed by atoms with Gasteiger partial charge in [-0.1, -0.05) is 102 Å². The Hall–Kier alpha value is -6.17. The molecule has 1 fully saturated rings. The molecule has 11 amide bonds. The van der Waals surface area contributed by atoms with E-state index < -0.39 is 162 Å². The Morgan fingerprint density at radius 3 is 1.21 bits per heavy atom. The third kappa shape index (κ3) is 22.2. The van der Waals surface area contributed by atoms with Crippen LogP contribution in [0.5, 0.6) is 0 Å². The molecule has 1 aliphatic heterocycles. The SMILES string of the molecule is C/C=C/C[C@@H](C)[C@@H](O)C1C(=O)NC(C(C)O)C(=O)N(C)CC(=O)N(C)[C@H](CC(C)C)C(=O)N[C@H](C(C)C)C(=O)N(C)[C@H](CC(C)C)C(=O)NC(C)C(=O)N[C@H](C)C(=O)N(C)[C@@H](CC(C)C)C(=O)N(C)[C@@H](CC(C)C)C(=O)NC(C(C)C)C(=O)N1C. The van der Waals surface area contributed by atoms with Gasteiger partial charge < -0.3 is 66.2 Å². The quantitative estimate of drug-likeness (QED) is 0.116. The molecule has 0 bridgehead atoms. The zero-order valence-electron chi connectivity index (χ0n) is 55.4. The second kappa shape index (κ2) is 34.8. The normalized spacial score (nSPS) is 27.2. The van der Waals surface area contributed by atoms with E-state index in [1.54, 1.807) is 53.7 Å². The highest BCUT2D eigenvalue weighted by atomic mass is 16.3. The molecule has 24 heteroatoms. The smallest absolute Gasteiger partial charge is 0.248 e. The molecule has 1 aliphatic rings. The van der Waals surface area contributed by atoms with Crippen LogP contribution in [0.1, 0.15) is 150 Å². The van der Waals surface area contributed by atoms with Crippen LogP contribution in [-0.4, -0.2) is 226 Å². The van der Waals surface area contributed by atoms with E-state index in [9.17, 15) is 63.0 Å². The molecule has 0 aliphatic carbocycles. The van der Waals surface area contributed by atoms with Gasteiger partial charge in [0.2, 0.25) is 65.0 Å². The first-order valence-corrected chi connectivity index (χ1v) is 30.2. The van der Waals surface area contributed by atoms with E-state index in [0.717, 1.165) is 14.7 Å². The second-order valence-electron chi connectivity index (χ2n) is 25.9. The van der Waals surface area contributed by atoms with Gasteiger partial charge in [0.1, 0.15) is 60.4 Å². The number of nitrogens with one attached hydrogen (secondary N) is 5. The summed E-state index contributed by atoms with van der Waals surface area (Å²) in [6.07, 6.45) is 1.08.